The molecular weight excluding hydrogens is 356 g/mol. The van der Waals surface area contributed by atoms with Gasteiger partial charge in [-0.15, -0.1) is 11.8 Å². The topological polar surface area (TPSA) is 78.9 Å². The van der Waals surface area contributed by atoms with Crippen LogP contribution in [0.15, 0.2) is 42.5 Å². The third-order valence-corrected chi connectivity index (χ3v) is 5.15. The molecule has 0 aliphatic rings. The summed E-state index contributed by atoms with van der Waals surface area (Å²) in [4.78, 5) is 33.4. The van der Waals surface area contributed by atoms with Gasteiger partial charge < -0.3 is 14.2 Å². The highest BCUT2D eigenvalue weighted by molar-refractivity contribution is 7.99. The van der Waals surface area contributed by atoms with Crippen molar-refractivity contribution in [2.75, 3.05) is 12.4 Å². The molecule has 0 spiro atoms. The Morgan fingerprint density at radius 2 is 1.85 bits per heavy atom. The predicted molar refractivity (Wildman–Crippen MR) is 98.8 cm³/mol. The molecule has 0 bridgehead atoms. The van der Waals surface area contributed by atoms with E-state index >= 15 is 0 Å². The van der Waals surface area contributed by atoms with Crippen molar-refractivity contribution in [1.82, 2.24) is 0 Å². The molecule has 0 aliphatic carbocycles. The molecule has 0 heterocycles. The molecule has 0 amide bonds. The summed E-state index contributed by atoms with van der Waals surface area (Å²) >= 11 is 1.20. The normalized spacial score (nSPS) is 12.2. The zero-order valence-corrected chi connectivity index (χ0v) is 15.4. The SMILES string of the molecule is CC(C)(CSC(COC=O)OC=O)C(=O)Oc1cccc2ccccc12. The van der Waals surface area contributed by atoms with Gasteiger partial charge in [-0.3, -0.25) is 14.4 Å². The Balaban J connectivity index is 2.04. The van der Waals surface area contributed by atoms with Crippen LogP contribution in [0.5, 0.6) is 5.75 Å². The second-order valence-electron chi connectivity index (χ2n) is 6.15. The Morgan fingerprint density at radius 3 is 2.58 bits per heavy atom. The minimum atomic E-state index is -0.840. The van der Waals surface area contributed by atoms with Gasteiger partial charge in [0.05, 0.1) is 5.41 Å². The first kappa shape index (κ1) is 19.8. The van der Waals surface area contributed by atoms with Crippen LogP contribution in [-0.4, -0.2) is 36.7 Å². The van der Waals surface area contributed by atoms with E-state index in [4.69, 9.17) is 9.47 Å². The maximum Gasteiger partial charge on any atom is 0.317 e. The molecule has 2 aromatic carbocycles. The highest BCUT2D eigenvalue weighted by Gasteiger charge is 2.32. The van der Waals surface area contributed by atoms with E-state index in [1.54, 1.807) is 19.9 Å². The van der Waals surface area contributed by atoms with Gasteiger partial charge in [0.2, 0.25) is 0 Å². The van der Waals surface area contributed by atoms with Crippen molar-refractivity contribution < 1.29 is 28.6 Å². The molecule has 7 heteroatoms. The smallest absolute Gasteiger partial charge is 0.317 e. The molecule has 1 atom stereocenters. The van der Waals surface area contributed by atoms with Crippen molar-refractivity contribution in [2.24, 2.45) is 5.41 Å². The zero-order chi connectivity index (χ0) is 19.0. The minimum absolute atomic E-state index is 0.0820. The molecule has 0 fully saturated rings. The number of hydrogen-bond acceptors (Lipinski definition) is 7. The van der Waals surface area contributed by atoms with Crippen molar-refractivity contribution in [2.45, 2.75) is 19.3 Å². The van der Waals surface area contributed by atoms with Crippen LogP contribution >= 0.6 is 11.8 Å². The van der Waals surface area contributed by atoms with Gasteiger partial charge in [-0.25, -0.2) is 0 Å². The van der Waals surface area contributed by atoms with Gasteiger partial charge in [0, 0.05) is 11.1 Å². The number of esters is 1. The molecule has 6 nitrogen and oxygen atoms in total. The molecule has 2 rings (SSSR count). The van der Waals surface area contributed by atoms with Gasteiger partial charge in [-0.05, 0) is 25.3 Å². The first-order chi connectivity index (χ1) is 12.5. The van der Waals surface area contributed by atoms with Crippen molar-refractivity contribution in [3.05, 3.63) is 42.5 Å². The van der Waals surface area contributed by atoms with Crippen molar-refractivity contribution in [3.8, 4) is 5.75 Å². The number of ether oxygens (including phenoxy) is 3. The number of fused-ring (bicyclic) bond motifs is 1. The number of carbonyl (C=O) groups excluding carboxylic acids is 3. The van der Waals surface area contributed by atoms with Gasteiger partial charge in [0.25, 0.3) is 12.9 Å². The van der Waals surface area contributed by atoms with Crippen molar-refractivity contribution in [1.29, 1.82) is 0 Å². The first-order valence-corrected chi connectivity index (χ1v) is 8.99. The molecule has 1 unspecified atom stereocenters. The third-order valence-electron chi connectivity index (χ3n) is 3.64. The second kappa shape index (κ2) is 9.24. The lowest BCUT2D eigenvalue weighted by molar-refractivity contribution is -0.142. The molecule has 0 N–H and O–H groups in total. The summed E-state index contributed by atoms with van der Waals surface area (Å²) in [6.45, 7) is 3.97. The Hall–Kier alpha value is -2.54. The first-order valence-electron chi connectivity index (χ1n) is 7.94. The van der Waals surface area contributed by atoms with Crippen LogP contribution in [0.2, 0.25) is 0 Å². The van der Waals surface area contributed by atoms with Gasteiger partial charge in [0.1, 0.15) is 12.4 Å². The Kier molecular flexibility index (Phi) is 7.03. The van der Waals surface area contributed by atoms with E-state index in [1.165, 1.54) is 11.8 Å². The van der Waals surface area contributed by atoms with Crippen LogP contribution in [0.25, 0.3) is 10.8 Å². The van der Waals surface area contributed by atoms with E-state index < -0.39 is 16.8 Å². The fraction of sp³-hybridized carbons (Fsp3) is 0.316. The third kappa shape index (κ3) is 5.23. The van der Waals surface area contributed by atoms with Gasteiger partial charge >= 0.3 is 5.97 Å². The fourth-order valence-electron chi connectivity index (χ4n) is 2.19. The summed E-state index contributed by atoms with van der Waals surface area (Å²) in [6, 6.07) is 13.2. The summed E-state index contributed by atoms with van der Waals surface area (Å²) in [5.41, 5.74) is -1.52. The van der Waals surface area contributed by atoms with Crippen LogP contribution in [0.1, 0.15) is 13.8 Å². The van der Waals surface area contributed by atoms with Crippen LogP contribution in [0.3, 0.4) is 0 Å². The largest absolute Gasteiger partial charge is 0.463 e. The fourth-order valence-corrected chi connectivity index (χ4v) is 3.21. The highest BCUT2D eigenvalue weighted by Crippen LogP contribution is 2.30. The van der Waals surface area contributed by atoms with Gasteiger partial charge in [0.15, 0.2) is 5.44 Å². The highest BCUT2D eigenvalue weighted by atomic mass is 32.2. The molecule has 26 heavy (non-hydrogen) atoms. The standard InChI is InChI=1S/C19H20O6S/c1-19(2,11-26-17(24-13-21)10-23-12-20)18(22)25-16-9-5-7-14-6-3-4-8-15(14)16/h3-9,12-13,17H,10-11H2,1-2H3. The van der Waals surface area contributed by atoms with E-state index in [2.05, 4.69) is 4.74 Å². The predicted octanol–water partition coefficient (Wildman–Crippen LogP) is 3.18. The van der Waals surface area contributed by atoms with Gasteiger partial charge in [-0.1, -0.05) is 36.4 Å². The monoisotopic (exact) mass is 376 g/mol. The van der Waals surface area contributed by atoms with Crippen LogP contribution in [0.4, 0.5) is 0 Å². The molecule has 0 saturated carbocycles. The lowest BCUT2D eigenvalue weighted by atomic mass is 9.97. The lowest BCUT2D eigenvalue weighted by Gasteiger charge is -2.24. The average molecular weight is 376 g/mol. The minimum Gasteiger partial charge on any atom is -0.463 e. The summed E-state index contributed by atoms with van der Waals surface area (Å²) in [5, 5.41) is 1.84. The van der Waals surface area contributed by atoms with E-state index in [9.17, 15) is 14.4 Å². The summed E-state index contributed by atoms with van der Waals surface area (Å²) < 4.78 is 15.1. The number of rotatable bonds is 10. The molecule has 2 aromatic rings. The summed E-state index contributed by atoms with van der Waals surface area (Å²) in [7, 11) is 0. The van der Waals surface area contributed by atoms with E-state index in [1.807, 2.05) is 36.4 Å². The molecule has 0 saturated heterocycles. The molecule has 138 valence electrons. The summed E-state index contributed by atoms with van der Waals surface area (Å²) in [6.07, 6.45) is 0. The Morgan fingerprint density at radius 1 is 1.12 bits per heavy atom. The zero-order valence-electron chi connectivity index (χ0n) is 14.5. The number of thioether (sulfide) groups is 1. The maximum atomic E-state index is 12.6. The summed E-state index contributed by atoms with van der Waals surface area (Å²) in [5.74, 6) is 0.413. The molecule has 0 radical (unpaired) electrons. The Bertz CT molecular complexity index is 768. The molecule has 0 aromatic heterocycles. The Labute approximate surface area is 155 Å². The van der Waals surface area contributed by atoms with Crippen LogP contribution in [-0.2, 0) is 23.9 Å². The number of hydrogen-bond donors (Lipinski definition) is 0. The van der Waals surface area contributed by atoms with Gasteiger partial charge in [-0.2, -0.15) is 0 Å². The van der Waals surface area contributed by atoms with Crippen molar-refractivity contribution >= 4 is 41.4 Å². The lowest BCUT2D eigenvalue weighted by Crippen LogP contribution is -2.33. The van der Waals surface area contributed by atoms with Crippen molar-refractivity contribution in [3.63, 3.8) is 0 Å². The molecule has 0 aliphatic heterocycles. The number of carbonyl (C=O) groups is 3. The van der Waals surface area contributed by atoms with Crippen LogP contribution < -0.4 is 4.74 Å². The van der Waals surface area contributed by atoms with E-state index in [0.29, 0.717) is 11.5 Å². The number of benzene rings is 2. The van der Waals surface area contributed by atoms with E-state index in [0.717, 1.165) is 10.8 Å². The molecular formula is C19H20O6S. The average Bonchev–Trinajstić information content (AvgIpc) is 2.64. The quantitative estimate of drug-likeness (QED) is 0.273. The maximum absolute atomic E-state index is 12.6. The van der Waals surface area contributed by atoms with Crippen LogP contribution in [0, 0.1) is 5.41 Å². The second-order valence-corrected chi connectivity index (χ2v) is 7.30. The van der Waals surface area contributed by atoms with E-state index in [-0.39, 0.29) is 19.6 Å².